The van der Waals surface area contributed by atoms with Gasteiger partial charge in [0.15, 0.2) is 0 Å². The molecule has 2 aromatic carbocycles. The first-order valence-corrected chi connectivity index (χ1v) is 8.03. The maximum absolute atomic E-state index is 13.5. The van der Waals surface area contributed by atoms with E-state index < -0.39 is 36.3 Å². The van der Waals surface area contributed by atoms with E-state index in [1.54, 1.807) is 30.3 Å². The summed E-state index contributed by atoms with van der Waals surface area (Å²) < 4.78 is 40.5. The topological polar surface area (TPSA) is 57.6 Å². The average molecular weight is 363 g/mol. The number of nitrogens with zero attached hydrogens (tertiary/aromatic N) is 1. The van der Waals surface area contributed by atoms with Crippen LogP contribution in [0.2, 0.25) is 0 Å². The Labute approximate surface area is 147 Å². The van der Waals surface area contributed by atoms with Crippen LogP contribution in [0.5, 0.6) is 0 Å². The van der Waals surface area contributed by atoms with Crippen LogP contribution in [0, 0.1) is 0 Å². The van der Waals surface area contributed by atoms with E-state index in [-0.39, 0.29) is 12.1 Å². The first-order chi connectivity index (χ1) is 12.3. The van der Waals surface area contributed by atoms with Crippen molar-refractivity contribution in [1.82, 2.24) is 0 Å². The number of carboxylic acids is 1. The van der Waals surface area contributed by atoms with Gasteiger partial charge in [0.2, 0.25) is 5.91 Å². The van der Waals surface area contributed by atoms with Gasteiger partial charge in [-0.2, -0.15) is 13.2 Å². The van der Waals surface area contributed by atoms with Gasteiger partial charge < -0.3 is 10.0 Å². The Kier molecular flexibility index (Phi) is 4.71. The molecule has 1 amide bonds. The van der Waals surface area contributed by atoms with Crippen molar-refractivity contribution in [3.8, 4) is 0 Å². The highest BCUT2D eigenvalue weighted by atomic mass is 19.4. The summed E-state index contributed by atoms with van der Waals surface area (Å²) in [5.41, 5.74) is 0.811. The van der Waals surface area contributed by atoms with E-state index >= 15 is 0 Å². The molecular formula is C19H16F3NO3. The van der Waals surface area contributed by atoms with Crippen LogP contribution in [0.3, 0.4) is 0 Å². The Morgan fingerprint density at radius 1 is 1.08 bits per heavy atom. The third-order valence-electron chi connectivity index (χ3n) is 4.54. The second-order valence-electron chi connectivity index (χ2n) is 6.16. The van der Waals surface area contributed by atoms with E-state index in [0.29, 0.717) is 11.3 Å². The third-order valence-corrected chi connectivity index (χ3v) is 4.54. The fraction of sp³-hybridized carbons (Fsp3) is 0.263. The van der Waals surface area contributed by atoms with Crippen LogP contribution in [0.1, 0.15) is 29.4 Å². The minimum Gasteiger partial charge on any atom is -0.481 e. The van der Waals surface area contributed by atoms with Gasteiger partial charge in [-0.05, 0) is 17.2 Å². The number of carbonyl (C=O) groups is 2. The Morgan fingerprint density at radius 2 is 1.69 bits per heavy atom. The largest absolute Gasteiger partial charge is 0.481 e. The lowest BCUT2D eigenvalue weighted by Crippen LogP contribution is -2.35. The van der Waals surface area contributed by atoms with Gasteiger partial charge in [-0.1, -0.05) is 48.5 Å². The van der Waals surface area contributed by atoms with E-state index in [4.69, 9.17) is 0 Å². The standard InChI is InChI=1S/C19H16F3NO3/c20-19(21,22)15(12-6-2-1-3-7-12)10-17(24)23-11-14(18(25)26)13-8-4-5-9-16(13)23/h1-9,14-15H,10-11H2,(H,25,26). The van der Waals surface area contributed by atoms with Crippen LogP contribution >= 0.6 is 0 Å². The normalized spacial score (nSPS) is 17.7. The zero-order valence-corrected chi connectivity index (χ0v) is 13.6. The highest BCUT2D eigenvalue weighted by molar-refractivity contribution is 5.99. The first-order valence-electron chi connectivity index (χ1n) is 8.03. The zero-order valence-electron chi connectivity index (χ0n) is 13.6. The average Bonchev–Trinajstić information content (AvgIpc) is 2.99. The van der Waals surface area contributed by atoms with E-state index in [0.717, 1.165) is 4.90 Å². The van der Waals surface area contributed by atoms with Crippen molar-refractivity contribution in [2.75, 3.05) is 11.4 Å². The van der Waals surface area contributed by atoms with E-state index in [9.17, 15) is 27.9 Å². The molecule has 2 atom stereocenters. The van der Waals surface area contributed by atoms with E-state index in [1.807, 2.05) is 0 Å². The number of carboxylic acid groups (broad SMARTS) is 1. The number of aliphatic carboxylic acids is 1. The monoisotopic (exact) mass is 363 g/mol. The maximum Gasteiger partial charge on any atom is 0.396 e. The molecule has 3 rings (SSSR count). The van der Waals surface area contributed by atoms with Crippen molar-refractivity contribution in [3.05, 3.63) is 65.7 Å². The minimum atomic E-state index is -4.58. The quantitative estimate of drug-likeness (QED) is 0.895. The Morgan fingerprint density at radius 3 is 2.31 bits per heavy atom. The number of benzene rings is 2. The number of anilines is 1. The van der Waals surface area contributed by atoms with Gasteiger partial charge in [-0.25, -0.2) is 0 Å². The molecule has 0 aliphatic carbocycles. The van der Waals surface area contributed by atoms with E-state index in [1.165, 1.54) is 24.3 Å². The number of amides is 1. The van der Waals surface area contributed by atoms with E-state index in [2.05, 4.69) is 0 Å². The summed E-state index contributed by atoms with van der Waals surface area (Å²) in [7, 11) is 0. The molecule has 7 heteroatoms. The molecule has 136 valence electrons. The summed E-state index contributed by atoms with van der Waals surface area (Å²) >= 11 is 0. The van der Waals surface area contributed by atoms with Crippen molar-refractivity contribution in [2.45, 2.75) is 24.4 Å². The van der Waals surface area contributed by atoms with Gasteiger partial charge in [0.25, 0.3) is 0 Å². The molecule has 4 nitrogen and oxygen atoms in total. The number of carbonyl (C=O) groups excluding carboxylic acids is 1. The Hall–Kier alpha value is -2.83. The van der Waals surface area contributed by atoms with Crippen LogP contribution in [-0.2, 0) is 9.59 Å². The summed E-state index contributed by atoms with van der Waals surface area (Å²) in [4.78, 5) is 25.2. The molecule has 26 heavy (non-hydrogen) atoms. The number of halogens is 3. The SMILES string of the molecule is O=C(O)C1CN(C(=O)CC(c2ccccc2)C(F)(F)F)c2ccccc21. The van der Waals surface area contributed by atoms with Crippen LogP contribution < -0.4 is 4.90 Å². The van der Waals surface area contributed by atoms with Gasteiger partial charge >= 0.3 is 12.1 Å². The van der Waals surface area contributed by atoms with Crippen LogP contribution in [0.4, 0.5) is 18.9 Å². The van der Waals surface area contributed by atoms with Gasteiger partial charge in [0.05, 0.1) is 5.92 Å². The summed E-state index contributed by atoms with van der Waals surface area (Å²) in [6.45, 7) is -0.160. The lowest BCUT2D eigenvalue weighted by Gasteiger charge is -2.24. The summed E-state index contributed by atoms with van der Waals surface area (Å²) in [6.07, 6.45) is -5.35. The van der Waals surface area contributed by atoms with Crippen LogP contribution in [0.15, 0.2) is 54.6 Å². The molecule has 0 bridgehead atoms. The predicted octanol–water partition coefficient (Wildman–Crippen LogP) is 3.94. The Bertz CT molecular complexity index is 820. The summed E-state index contributed by atoms with van der Waals surface area (Å²) in [6, 6.07) is 13.7. The van der Waals surface area contributed by atoms with Gasteiger partial charge in [0, 0.05) is 18.7 Å². The lowest BCUT2D eigenvalue weighted by molar-refractivity contribution is -0.156. The zero-order chi connectivity index (χ0) is 18.9. The molecule has 0 saturated carbocycles. The van der Waals surface area contributed by atoms with Crippen molar-refractivity contribution in [1.29, 1.82) is 0 Å². The van der Waals surface area contributed by atoms with Crippen LogP contribution in [0.25, 0.3) is 0 Å². The maximum atomic E-state index is 13.5. The smallest absolute Gasteiger partial charge is 0.396 e. The predicted molar refractivity (Wildman–Crippen MR) is 89.0 cm³/mol. The fourth-order valence-electron chi connectivity index (χ4n) is 3.25. The van der Waals surface area contributed by atoms with Crippen molar-refractivity contribution in [2.24, 2.45) is 0 Å². The highest BCUT2D eigenvalue weighted by Gasteiger charge is 2.44. The van der Waals surface area contributed by atoms with Crippen molar-refractivity contribution >= 4 is 17.6 Å². The molecule has 1 aliphatic heterocycles. The molecule has 1 heterocycles. The number of hydrogen-bond donors (Lipinski definition) is 1. The molecule has 0 aromatic heterocycles. The lowest BCUT2D eigenvalue weighted by atomic mass is 9.94. The van der Waals surface area contributed by atoms with Crippen molar-refractivity contribution < 1.29 is 27.9 Å². The van der Waals surface area contributed by atoms with Crippen LogP contribution in [-0.4, -0.2) is 29.7 Å². The van der Waals surface area contributed by atoms with Gasteiger partial charge in [-0.3, -0.25) is 9.59 Å². The van der Waals surface area contributed by atoms with Gasteiger partial charge in [0.1, 0.15) is 5.92 Å². The molecule has 1 aliphatic rings. The second kappa shape index (κ2) is 6.82. The number of fused-ring (bicyclic) bond motifs is 1. The molecule has 0 fully saturated rings. The molecule has 0 spiro atoms. The molecule has 0 saturated heterocycles. The number of hydrogen-bond acceptors (Lipinski definition) is 2. The first kappa shape index (κ1) is 18.0. The second-order valence-corrected chi connectivity index (χ2v) is 6.16. The molecule has 1 N–H and O–H groups in total. The van der Waals surface area contributed by atoms with Gasteiger partial charge in [-0.15, -0.1) is 0 Å². The molecule has 0 radical (unpaired) electrons. The number of rotatable bonds is 4. The fourth-order valence-corrected chi connectivity index (χ4v) is 3.25. The summed E-state index contributed by atoms with van der Waals surface area (Å²) in [5, 5.41) is 9.33. The Balaban J connectivity index is 1.88. The minimum absolute atomic E-state index is 0.00983. The number of para-hydroxylation sites is 1. The molecular weight excluding hydrogens is 347 g/mol. The third kappa shape index (κ3) is 3.42. The summed E-state index contributed by atoms with van der Waals surface area (Å²) in [5.74, 6) is -4.72. The molecule has 2 aromatic rings. The molecule has 2 unspecified atom stereocenters. The highest BCUT2D eigenvalue weighted by Crippen LogP contribution is 2.41. The number of alkyl halides is 3. The van der Waals surface area contributed by atoms with Crippen molar-refractivity contribution in [3.63, 3.8) is 0 Å².